The van der Waals surface area contributed by atoms with Gasteiger partial charge in [-0.05, 0) is 36.6 Å². The van der Waals surface area contributed by atoms with Crippen molar-refractivity contribution in [3.8, 4) is 11.5 Å². The van der Waals surface area contributed by atoms with Crippen LogP contribution < -0.4 is 4.74 Å². The van der Waals surface area contributed by atoms with Crippen molar-refractivity contribution in [1.82, 2.24) is 4.90 Å². The van der Waals surface area contributed by atoms with Crippen molar-refractivity contribution in [1.29, 1.82) is 0 Å². The average Bonchev–Trinajstić information content (AvgIpc) is 3.12. The Hall–Kier alpha value is -2.88. The maximum absolute atomic E-state index is 12.0. The van der Waals surface area contributed by atoms with Crippen LogP contribution in [0.25, 0.3) is 0 Å². The van der Waals surface area contributed by atoms with Gasteiger partial charge in [-0.1, -0.05) is 30.3 Å². The van der Waals surface area contributed by atoms with Crippen LogP contribution in [0.5, 0.6) is 11.5 Å². The van der Waals surface area contributed by atoms with Gasteiger partial charge in [0.25, 0.3) is 11.8 Å². The number of carbonyl (C=O) groups excluding carboxylic acids is 2. The van der Waals surface area contributed by atoms with Crippen LogP contribution in [0, 0.1) is 0 Å². The fourth-order valence-corrected chi connectivity index (χ4v) is 3.30. The predicted octanol–water partition coefficient (Wildman–Crippen LogP) is 3.39. The summed E-state index contributed by atoms with van der Waals surface area (Å²) in [7, 11) is 0. The molecule has 0 bridgehead atoms. The van der Waals surface area contributed by atoms with Crippen LogP contribution in [0.4, 0.5) is 0 Å². The van der Waals surface area contributed by atoms with Crippen molar-refractivity contribution in [2.24, 2.45) is 0 Å². The topological polar surface area (TPSA) is 46.6 Å². The summed E-state index contributed by atoms with van der Waals surface area (Å²) in [5, 5.41) is 0. The number of rotatable bonds is 3. The molecule has 0 radical (unpaired) electrons. The second-order valence-electron chi connectivity index (χ2n) is 5.68. The molecule has 23 heavy (non-hydrogen) atoms. The predicted molar refractivity (Wildman–Crippen MR) is 85.0 cm³/mol. The lowest BCUT2D eigenvalue weighted by molar-refractivity contribution is -0.139. The van der Waals surface area contributed by atoms with Crippen LogP contribution in [0.15, 0.2) is 60.7 Å². The van der Waals surface area contributed by atoms with E-state index < -0.39 is 0 Å². The zero-order chi connectivity index (χ0) is 15.8. The zero-order valence-electron chi connectivity index (χ0n) is 12.4. The van der Waals surface area contributed by atoms with Gasteiger partial charge in [0.2, 0.25) is 0 Å². The highest BCUT2D eigenvalue weighted by molar-refractivity contribution is 6.13. The van der Waals surface area contributed by atoms with Gasteiger partial charge in [-0.15, -0.1) is 0 Å². The van der Waals surface area contributed by atoms with Crippen molar-refractivity contribution >= 4 is 11.8 Å². The lowest BCUT2D eigenvalue weighted by Crippen LogP contribution is -2.33. The first-order valence-electron chi connectivity index (χ1n) is 7.64. The van der Waals surface area contributed by atoms with E-state index in [9.17, 15) is 9.59 Å². The second-order valence-corrected chi connectivity index (χ2v) is 5.68. The summed E-state index contributed by atoms with van der Waals surface area (Å²) in [6.07, 6.45) is 4.24. The number of aryl methyl sites for hydroxylation is 1. The molecule has 1 aliphatic carbocycles. The van der Waals surface area contributed by atoms with Crippen molar-refractivity contribution in [3.05, 3.63) is 71.8 Å². The Bertz CT molecular complexity index is 793. The first-order chi connectivity index (χ1) is 11.2. The maximum Gasteiger partial charge on any atom is 0.254 e. The van der Waals surface area contributed by atoms with Gasteiger partial charge in [-0.25, -0.2) is 0 Å². The lowest BCUT2D eigenvalue weighted by Gasteiger charge is -2.24. The molecule has 0 N–H and O–H groups in total. The molecule has 4 nitrogen and oxygen atoms in total. The van der Waals surface area contributed by atoms with Crippen LogP contribution >= 0.6 is 0 Å². The van der Waals surface area contributed by atoms with E-state index in [1.54, 1.807) is 0 Å². The van der Waals surface area contributed by atoms with Crippen molar-refractivity contribution in [2.75, 3.05) is 0 Å². The second kappa shape index (κ2) is 5.39. The van der Waals surface area contributed by atoms with Gasteiger partial charge in [0.1, 0.15) is 11.5 Å². The molecule has 4 heteroatoms. The minimum atomic E-state index is -0.250. The Morgan fingerprint density at radius 3 is 2.39 bits per heavy atom. The fraction of sp³-hybridized carbons (Fsp3) is 0.158. The van der Waals surface area contributed by atoms with E-state index in [1.165, 1.54) is 17.1 Å². The maximum atomic E-state index is 12.0. The molecule has 2 aliphatic rings. The van der Waals surface area contributed by atoms with Crippen LogP contribution in [-0.4, -0.2) is 16.7 Å². The molecular formula is C19H15NO3. The first-order valence-corrected chi connectivity index (χ1v) is 7.64. The average molecular weight is 305 g/mol. The van der Waals surface area contributed by atoms with Crippen LogP contribution in [0.1, 0.15) is 23.6 Å². The molecule has 1 atom stereocenters. The summed E-state index contributed by atoms with van der Waals surface area (Å²) < 4.78 is 6.01. The van der Waals surface area contributed by atoms with Gasteiger partial charge in [-0.2, -0.15) is 0 Å². The summed E-state index contributed by atoms with van der Waals surface area (Å²) in [5.74, 6) is 0.956. The number of imide groups is 1. The Balaban J connectivity index is 1.73. The largest absolute Gasteiger partial charge is 0.457 e. The standard InChI is InChI=1S/C19H15NO3/c21-17-11-12-18(22)20(17)15-10-9-13-5-4-8-16(19(13)15)23-14-6-2-1-3-7-14/h1-8,11-12,15H,9-10H2/t15-/m0/s1. The summed E-state index contributed by atoms with van der Waals surface area (Å²) in [6, 6.07) is 15.1. The van der Waals surface area contributed by atoms with E-state index in [2.05, 4.69) is 0 Å². The van der Waals surface area contributed by atoms with Crippen molar-refractivity contribution in [2.45, 2.75) is 18.9 Å². The molecule has 0 fully saturated rings. The van der Waals surface area contributed by atoms with Crippen molar-refractivity contribution in [3.63, 3.8) is 0 Å². The summed E-state index contributed by atoms with van der Waals surface area (Å²) in [4.78, 5) is 25.4. The molecule has 0 saturated carbocycles. The van der Waals surface area contributed by atoms with E-state index in [4.69, 9.17) is 4.74 Å². The Morgan fingerprint density at radius 1 is 0.913 bits per heavy atom. The molecule has 0 saturated heterocycles. The number of ether oxygens (including phenoxy) is 1. The smallest absolute Gasteiger partial charge is 0.254 e. The summed E-state index contributed by atoms with van der Waals surface area (Å²) >= 11 is 0. The van der Waals surface area contributed by atoms with Gasteiger partial charge < -0.3 is 4.74 Å². The van der Waals surface area contributed by atoms with Crippen LogP contribution in [-0.2, 0) is 16.0 Å². The number of amides is 2. The molecule has 0 unspecified atom stereocenters. The van der Waals surface area contributed by atoms with Gasteiger partial charge in [0.15, 0.2) is 0 Å². The number of fused-ring (bicyclic) bond motifs is 1. The Kier molecular flexibility index (Phi) is 3.23. The molecule has 2 aromatic carbocycles. The molecule has 2 amide bonds. The van der Waals surface area contributed by atoms with E-state index >= 15 is 0 Å². The molecule has 2 aromatic rings. The minimum absolute atomic E-state index is 0.248. The lowest BCUT2D eigenvalue weighted by atomic mass is 10.1. The minimum Gasteiger partial charge on any atom is -0.457 e. The van der Waals surface area contributed by atoms with Gasteiger partial charge in [0, 0.05) is 17.7 Å². The third kappa shape index (κ3) is 2.32. The molecule has 0 spiro atoms. The highest BCUT2D eigenvalue weighted by atomic mass is 16.5. The number of hydrogen-bond acceptors (Lipinski definition) is 3. The number of hydrogen-bond donors (Lipinski definition) is 0. The van der Waals surface area contributed by atoms with Gasteiger partial charge in [0.05, 0.1) is 6.04 Å². The van der Waals surface area contributed by atoms with E-state index in [-0.39, 0.29) is 17.9 Å². The third-order valence-corrected chi connectivity index (χ3v) is 4.30. The summed E-state index contributed by atoms with van der Waals surface area (Å²) in [5.41, 5.74) is 2.08. The monoisotopic (exact) mass is 305 g/mol. The molecule has 1 aliphatic heterocycles. The molecule has 114 valence electrons. The number of para-hydroxylation sites is 1. The van der Waals surface area contributed by atoms with Gasteiger partial charge in [-0.3, -0.25) is 14.5 Å². The molecular weight excluding hydrogens is 290 g/mol. The van der Waals surface area contributed by atoms with E-state index in [1.807, 2.05) is 48.5 Å². The Labute approximate surface area is 134 Å². The van der Waals surface area contributed by atoms with Crippen LogP contribution in [0.3, 0.4) is 0 Å². The SMILES string of the molecule is O=C1C=CC(=O)N1[C@H]1CCc2cccc(Oc3ccccc3)c21. The first kappa shape index (κ1) is 13.8. The van der Waals surface area contributed by atoms with Crippen LogP contribution in [0.2, 0.25) is 0 Å². The molecule has 0 aromatic heterocycles. The number of nitrogens with zero attached hydrogens (tertiary/aromatic N) is 1. The number of carbonyl (C=O) groups is 2. The molecule has 1 heterocycles. The van der Waals surface area contributed by atoms with E-state index in [0.717, 1.165) is 29.7 Å². The quantitative estimate of drug-likeness (QED) is 0.817. The zero-order valence-corrected chi connectivity index (χ0v) is 12.4. The highest BCUT2D eigenvalue weighted by Gasteiger charge is 2.38. The Morgan fingerprint density at radius 2 is 1.65 bits per heavy atom. The summed E-state index contributed by atoms with van der Waals surface area (Å²) in [6.45, 7) is 0. The van der Waals surface area contributed by atoms with E-state index in [0.29, 0.717) is 5.75 Å². The van der Waals surface area contributed by atoms with Gasteiger partial charge >= 0.3 is 0 Å². The fourth-order valence-electron chi connectivity index (χ4n) is 3.30. The highest BCUT2D eigenvalue weighted by Crippen LogP contribution is 2.43. The number of benzene rings is 2. The molecule has 4 rings (SSSR count). The third-order valence-electron chi connectivity index (χ3n) is 4.30. The van der Waals surface area contributed by atoms with Crippen molar-refractivity contribution < 1.29 is 14.3 Å². The normalized spacial score (nSPS) is 19.3.